The number of hydrogen-bond acceptors (Lipinski definition) is 7. The van der Waals surface area contributed by atoms with Crippen molar-refractivity contribution in [2.24, 2.45) is 22.1 Å². The van der Waals surface area contributed by atoms with Gasteiger partial charge < -0.3 is 32.1 Å². The third-order valence-corrected chi connectivity index (χ3v) is 5.99. The minimum atomic E-state index is 0.0264. The van der Waals surface area contributed by atoms with Gasteiger partial charge in [0.05, 0.1) is 12.1 Å². The fraction of sp³-hybridized carbons (Fsp3) is 0.333. The Balaban J connectivity index is 2.03. The summed E-state index contributed by atoms with van der Waals surface area (Å²) in [7, 11) is 0. The molecule has 0 bridgehead atoms. The zero-order valence-corrected chi connectivity index (χ0v) is 20.9. The molecule has 2 atom stereocenters. The molecule has 2 aliphatic heterocycles. The summed E-state index contributed by atoms with van der Waals surface area (Å²) in [6.07, 6.45) is 13.9. The van der Waals surface area contributed by atoms with E-state index in [-0.39, 0.29) is 5.76 Å². The van der Waals surface area contributed by atoms with Gasteiger partial charge in [-0.05, 0) is 51.8 Å². The normalized spacial score (nSPS) is 22.6. The van der Waals surface area contributed by atoms with Crippen LogP contribution >= 0.6 is 28.4 Å². The van der Waals surface area contributed by atoms with Crippen LogP contribution in [-0.2, 0) is 0 Å². The molecule has 1 fully saturated rings. The van der Waals surface area contributed by atoms with Crippen molar-refractivity contribution in [3.63, 3.8) is 0 Å². The highest BCUT2D eigenvalue weighted by Gasteiger charge is 2.22. The molecule has 0 aromatic rings. The maximum absolute atomic E-state index is 10.4. The molecule has 168 valence electrons. The molecule has 2 aliphatic rings. The van der Waals surface area contributed by atoms with E-state index in [1.807, 2.05) is 17.1 Å². The fourth-order valence-electron chi connectivity index (χ4n) is 3.06. The number of nitrogens with zero attached hydrogens (tertiary/aromatic N) is 2. The molecule has 2 rings (SSSR count). The number of halogens is 1. The lowest BCUT2D eigenvalue weighted by molar-refractivity contribution is 0.249. The Bertz CT molecular complexity index is 871. The van der Waals surface area contributed by atoms with Gasteiger partial charge in [0.2, 0.25) is 0 Å². The van der Waals surface area contributed by atoms with Gasteiger partial charge in [-0.3, -0.25) is 10.2 Å². The Kier molecular flexibility index (Phi) is 10.3. The summed E-state index contributed by atoms with van der Waals surface area (Å²) in [5, 5.41) is 25.3. The van der Waals surface area contributed by atoms with Gasteiger partial charge in [0.1, 0.15) is 17.3 Å². The first-order valence-electron chi connectivity index (χ1n) is 9.96. The first-order chi connectivity index (χ1) is 14.8. The van der Waals surface area contributed by atoms with Crippen LogP contribution in [0.4, 0.5) is 0 Å². The minimum Gasteiger partial charge on any atom is -0.506 e. The van der Waals surface area contributed by atoms with E-state index in [1.165, 1.54) is 6.20 Å². The van der Waals surface area contributed by atoms with Crippen LogP contribution in [0.1, 0.15) is 13.8 Å². The van der Waals surface area contributed by atoms with Crippen LogP contribution in [0.3, 0.4) is 0 Å². The zero-order valence-electron chi connectivity index (χ0n) is 17.8. The Labute approximate surface area is 198 Å². The van der Waals surface area contributed by atoms with Gasteiger partial charge in [0.25, 0.3) is 0 Å². The van der Waals surface area contributed by atoms with E-state index in [9.17, 15) is 5.11 Å². The number of hydrogen-bond donors (Lipinski definition) is 6. The van der Waals surface area contributed by atoms with Crippen LogP contribution in [0, 0.1) is 11.3 Å². The lowest BCUT2D eigenvalue weighted by Crippen LogP contribution is -2.54. The topological polar surface area (TPSA) is 136 Å². The van der Waals surface area contributed by atoms with E-state index in [1.54, 1.807) is 30.6 Å². The lowest BCUT2D eigenvalue weighted by atomic mass is 10.0. The Morgan fingerprint density at radius 1 is 1.42 bits per heavy atom. The second-order valence-electron chi connectivity index (χ2n) is 7.46. The van der Waals surface area contributed by atoms with Crippen molar-refractivity contribution in [1.29, 1.82) is 5.41 Å². The second-order valence-corrected chi connectivity index (χ2v) is 9.34. The smallest absolute Gasteiger partial charge is 0.141 e. The average molecular weight is 555 g/mol. The number of aliphatic hydroxyl groups is 1. The van der Waals surface area contributed by atoms with Gasteiger partial charge in [-0.15, -0.1) is 0 Å². The highest BCUT2D eigenvalue weighted by atomic mass is 127. The molecule has 2 heterocycles. The fourth-order valence-corrected chi connectivity index (χ4v) is 3.68. The van der Waals surface area contributed by atoms with Crippen molar-refractivity contribution in [3.8, 4) is 0 Å². The molecular weight excluding hydrogens is 524 g/mol. The van der Waals surface area contributed by atoms with Crippen LogP contribution in [0.15, 0.2) is 75.8 Å². The van der Waals surface area contributed by atoms with Gasteiger partial charge in [0.15, 0.2) is 0 Å². The van der Waals surface area contributed by atoms with E-state index in [0.717, 1.165) is 30.8 Å². The van der Waals surface area contributed by atoms with Gasteiger partial charge in [-0.25, -0.2) is 0 Å². The molecular formula is C21H31IN7OP. The molecule has 0 aromatic carbocycles. The van der Waals surface area contributed by atoms with Crippen LogP contribution in [0.25, 0.3) is 0 Å². The minimum absolute atomic E-state index is 0.0264. The highest BCUT2D eigenvalue weighted by molar-refractivity contribution is 14.2. The van der Waals surface area contributed by atoms with Crippen molar-refractivity contribution < 1.29 is 5.11 Å². The first kappa shape index (κ1) is 25.2. The summed E-state index contributed by atoms with van der Waals surface area (Å²) < 4.78 is 4.17. The molecule has 1 saturated heterocycles. The molecule has 2 unspecified atom stereocenters. The van der Waals surface area contributed by atoms with Crippen LogP contribution in [0.5, 0.6) is 0 Å². The SMILES string of the molecule is CC(C)C1CN(C(=N)C=CC(N)=C2NC=C(/C=C/C(C=NPI)=CN)C=C2O)CCN1. The van der Waals surface area contributed by atoms with Gasteiger partial charge >= 0.3 is 0 Å². The molecule has 10 heteroatoms. The van der Waals surface area contributed by atoms with Crippen molar-refractivity contribution in [1.82, 2.24) is 15.5 Å². The Morgan fingerprint density at radius 2 is 2.19 bits per heavy atom. The van der Waals surface area contributed by atoms with E-state index in [2.05, 4.69) is 51.3 Å². The number of nitrogens with two attached hydrogens (primary N) is 2. The van der Waals surface area contributed by atoms with Crippen molar-refractivity contribution in [2.75, 3.05) is 19.6 Å². The number of rotatable bonds is 7. The Morgan fingerprint density at radius 3 is 2.84 bits per heavy atom. The average Bonchev–Trinajstić information content (AvgIpc) is 2.77. The van der Waals surface area contributed by atoms with Gasteiger partial charge in [0, 0.05) is 49.9 Å². The molecule has 31 heavy (non-hydrogen) atoms. The predicted octanol–water partition coefficient (Wildman–Crippen LogP) is 2.96. The summed E-state index contributed by atoms with van der Waals surface area (Å²) in [6.45, 7) is 6.78. The largest absolute Gasteiger partial charge is 0.506 e. The van der Waals surface area contributed by atoms with Crippen LogP contribution in [-0.4, -0.2) is 47.7 Å². The number of amidine groups is 1. The van der Waals surface area contributed by atoms with Crippen LogP contribution in [0.2, 0.25) is 0 Å². The highest BCUT2D eigenvalue weighted by Crippen LogP contribution is 2.21. The van der Waals surface area contributed by atoms with E-state index in [4.69, 9.17) is 16.9 Å². The van der Waals surface area contributed by atoms with Crippen molar-refractivity contribution in [3.05, 3.63) is 71.1 Å². The molecule has 0 saturated carbocycles. The molecule has 0 aromatic heterocycles. The van der Waals surface area contributed by atoms with Gasteiger partial charge in [-0.1, -0.05) is 26.0 Å². The summed E-state index contributed by atoms with van der Waals surface area (Å²) in [4.78, 5) is 2.03. The second kappa shape index (κ2) is 12.7. The third-order valence-electron chi connectivity index (χ3n) is 4.93. The molecule has 0 aliphatic carbocycles. The lowest BCUT2D eigenvalue weighted by Gasteiger charge is -2.36. The predicted molar refractivity (Wildman–Crippen MR) is 140 cm³/mol. The molecule has 8 N–H and O–H groups in total. The number of piperazine rings is 1. The van der Waals surface area contributed by atoms with E-state index < -0.39 is 0 Å². The maximum Gasteiger partial charge on any atom is 0.141 e. The van der Waals surface area contributed by atoms with Gasteiger partial charge in [-0.2, -0.15) is 0 Å². The molecule has 0 amide bonds. The van der Waals surface area contributed by atoms with E-state index in [0.29, 0.717) is 35.6 Å². The molecule has 8 nitrogen and oxygen atoms in total. The summed E-state index contributed by atoms with van der Waals surface area (Å²) in [6, 6.07) is 0.365. The number of nitrogens with one attached hydrogen (secondary N) is 3. The van der Waals surface area contributed by atoms with Crippen molar-refractivity contribution in [2.45, 2.75) is 19.9 Å². The molecule has 0 spiro atoms. The standard InChI is InChI=1S/C21H31IN7OP/c1-14(2)18-13-29(8-7-26-18)20(25)6-5-17(24)21-19(30)9-15(11-27-21)3-4-16(10-23)12-28-31-22/h3-6,9-12,14,18,25-27,30-31H,7-8,13,23-24H2,1-2H3/b4-3+,6-5?,16-10?,21-17?,25-20?,28-12?. The summed E-state index contributed by atoms with van der Waals surface area (Å²) in [5.41, 5.74) is 14.0. The number of aliphatic hydroxyl groups excluding tert-OH is 1. The number of dihydropyridines is 1. The van der Waals surface area contributed by atoms with Crippen molar-refractivity contribution >= 4 is 40.5 Å². The van der Waals surface area contributed by atoms with Crippen LogP contribution < -0.4 is 22.1 Å². The monoisotopic (exact) mass is 555 g/mol. The summed E-state index contributed by atoms with van der Waals surface area (Å²) >= 11 is 2.18. The number of allylic oxidation sites excluding steroid dienone is 6. The zero-order chi connectivity index (χ0) is 22.8. The van der Waals surface area contributed by atoms with E-state index >= 15 is 0 Å². The Hall–Kier alpha value is -2.10. The third kappa shape index (κ3) is 7.83. The quantitative estimate of drug-likeness (QED) is 0.0941. The maximum atomic E-state index is 10.4. The summed E-state index contributed by atoms with van der Waals surface area (Å²) in [5.74, 6) is 0.938. The first-order valence-corrected chi connectivity index (χ1v) is 14.0. The molecule has 0 radical (unpaired) electrons.